The second-order valence-electron chi connectivity index (χ2n) is 5.74. The van der Waals surface area contributed by atoms with Crippen LogP contribution in [0, 0.1) is 5.82 Å². The predicted molar refractivity (Wildman–Crippen MR) is 91.8 cm³/mol. The highest BCUT2D eigenvalue weighted by molar-refractivity contribution is 7.99. The third kappa shape index (κ3) is 4.99. The average molecular weight is 324 g/mol. The van der Waals surface area contributed by atoms with E-state index in [1.165, 1.54) is 25.0 Å². The number of carbonyl (C=O) groups is 1. The minimum Gasteiger partial charge on any atom is -0.325 e. The Morgan fingerprint density at radius 2 is 2.32 bits per heavy atom. The Morgan fingerprint density at radius 1 is 1.50 bits per heavy atom. The van der Waals surface area contributed by atoms with Gasteiger partial charge in [0.05, 0.1) is 6.04 Å². The fraction of sp³-hybridized carbons (Fsp3) is 0.588. The molecule has 1 aliphatic rings. The van der Waals surface area contributed by atoms with Crippen molar-refractivity contribution < 1.29 is 9.18 Å². The Bertz CT molecular complexity index is 497. The summed E-state index contributed by atoms with van der Waals surface area (Å²) in [5, 5.41) is 3.43. The van der Waals surface area contributed by atoms with E-state index in [9.17, 15) is 9.18 Å². The van der Waals surface area contributed by atoms with Crippen molar-refractivity contribution in [2.75, 3.05) is 24.2 Å². The molecule has 1 aromatic rings. The molecule has 0 aliphatic carbocycles. The highest BCUT2D eigenvalue weighted by Crippen LogP contribution is 2.23. The van der Waals surface area contributed by atoms with E-state index < -0.39 is 0 Å². The smallest absolute Gasteiger partial charge is 0.241 e. The van der Waals surface area contributed by atoms with E-state index in [4.69, 9.17) is 0 Å². The van der Waals surface area contributed by atoms with Crippen LogP contribution in [-0.4, -0.2) is 40.9 Å². The summed E-state index contributed by atoms with van der Waals surface area (Å²) in [5.74, 6) is 0.718. The maximum Gasteiger partial charge on any atom is 0.241 e. The number of anilines is 1. The molecular weight excluding hydrogens is 299 g/mol. The van der Waals surface area contributed by atoms with Crippen LogP contribution in [0.15, 0.2) is 24.3 Å². The van der Waals surface area contributed by atoms with Crippen molar-refractivity contribution in [2.45, 2.75) is 44.4 Å². The second kappa shape index (κ2) is 8.53. The van der Waals surface area contributed by atoms with Gasteiger partial charge in [-0.1, -0.05) is 19.4 Å². The summed E-state index contributed by atoms with van der Waals surface area (Å²) in [4.78, 5) is 14.7. The zero-order chi connectivity index (χ0) is 15.9. The number of nitrogens with one attached hydrogen (secondary N) is 1. The predicted octanol–water partition coefficient (Wildman–Crippen LogP) is 3.76. The molecule has 1 heterocycles. The molecule has 0 bridgehead atoms. The number of nitrogens with zero attached hydrogens (tertiary/aromatic N) is 1. The third-order valence-corrected chi connectivity index (χ3v) is 5.27. The molecule has 3 nitrogen and oxygen atoms in total. The summed E-state index contributed by atoms with van der Waals surface area (Å²) < 4.78 is 13.2. The Hall–Kier alpha value is -1.07. The Morgan fingerprint density at radius 3 is 3.05 bits per heavy atom. The first-order chi connectivity index (χ1) is 10.6. The van der Waals surface area contributed by atoms with Gasteiger partial charge >= 0.3 is 0 Å². The molecule has 1 aromatic carbocycles. The van der Waals surface area contributed by atoms with E-state index in [1.54, 1.807) is 12.1 Å². The number of benzene rings is 1. The zero-order valence-corrected chi connectivity index (χ0v) is 14.2. The Kier molecular flexibility index (Phi) is 6.70. The number of rotatable bonds is 5. The van der Waals surface area contributed by atoms with Crippen LogP contribution in [-0.2, 0) is 4.79 Å². The van der Waals surface area contributed by atoms with Crippen LogP contribution in [0.4, 0.5) is 10.1 Å². The number of halogens is 1. The van der Waals surface area contributed by atoms with Gasteiger partial charge in [-0.05, 0) is 50.3 Å². The topological polar surface area (TPSA) is 32.3 Å². The highest BCUT2D eigenvalue weighted by atomic mass is 32.2. The van der Waals surface area contributed by atoms with Crippen LogP contribution in [0.2, 0.25) is 0 Å². The van der Waals surface area contributed by atoms with Gasteiger partial charge in [0.1, 0.15) is 5.82 Å². The zero-order valence-electron chi connectivity index (χ0n) is 13.3. The van der Waals surface area contributed by atoms with Crippen LogP contribution in [0.5, 0.6) is 0 Å². The standard InChI is InChI=1S/C17H25FN2OS/c1-3-22-16-9-4-5-10-20(12-16)13(2)17(21)19-15-8-6-7-14(18)11-15/h6-8,11,13,16H,3-5,9-10,12H2,1-2H3,(H,19,21). The largest absolute Gasteiger partial charge is 0.325 e. The molecule has 2 rings (SSSR count). The van der Waals surface area contributed by atoms with Gasteiger partial charge in [-0.2, -0.15) is 11.8 Å². The normalized spacial score (nSPS) is 21.1. The van der Waals surface area contributed by atoms with Crippen LogP contribution < -0.4 is 5.32 Å². The summed E-state index contributed by atoms with van der Waals surface area (Å²) in [6.07, 6.45) is 3.60. The van der Waals surface area contributed by atoms with Crippen molar-refractivity contribution in [1.29, 1.82) is 0 Å². The molecule has 1 aliphatic heterocycles. The first kappa shape index (κ1) is 17.3. The van der Waals surface area contributed by atoms with Gasteiger partial charge in [-0.25, -0.2) is 4.39 Å². The fourth-order valence-corrected chi connectivity index (χ4v) is 3.93. The Labute approximate surface area is 136 Å². The van der Waals surface area contributed by atoms with Crippen LogP contribution in [0.25, 0.3) is 0 Å². The SMILES string of the molecule is CCSC1CCCCN(C(C)C(=O)Nc2cccc(F)c2)C1. The summed E-state index contributed by atoms with van der Waals surface area (Å²) in [6.45, 7) is 6.03. The maximum atomic E-state index is 13.2. The molecule has 2 atom stereocenters. The quantitative estimate of drug-likeness (QED) is 0.895. The van der Waals surface area contributed by atoms with Gasteiger partial charge in [0.2, 0.25) is 5.91 Å². The molecule has 2 unspecified atom stereocenters. The summed E-state index contributed by atoms with van der Waals surface area (Å²) >= 11 is 1.98. The molecule has 122 valence electrons. The van der Waals surface area contributed by atoms with Gasteiger partial charge in [0, 0.05) is 17.5 Å². The molecule has 5 heteroatoms. The highest BCUT2D eigenvalue weighted by Gasteiger charge is 2.26. The van der Waals surface area contributed by atoms with E-state index in [1.807, 2.05) is 18.7 Å². The van der Waals surface area contributed by atoms with Gasteiger partial charge in [-0.3, -0.25) is 9.69 Å². The van der Waals surface area contributed by atoms with Gasteiger partial charge in [0.25, 0.3) is 0 Å². The van der Waals surface area contributed by atoms with Crippen molar-refractivity contribution in [1.82, 2.24) is 4.90 Å². The van der Waals surface area contributed by atoms with E-state index >= 15 is 0 Å². The molecule has 0 spiro atoms. The van der Waals surface area contributed by atoms with E-state index in [0.29, 0.717) is 10.9 Å². The molecule has 1 fully saturated rings. The van der Waals surface area contributed by atoms with E-state index in [0.717, 1.165) is 25.3 Å². The number of amides is 1. The molecule has 22 heavy (non-hydrogen) atoms. The monoisotopic (exact) mass is 324 g/mol. The van der Waals surface area contributed by atoms with Crippen molar-refractivity contribution in [3.63, 3.8) is 0 Å². The van der Waals surface area contributed by atoms with E-state index in [2.05, 4.69) is 17.1 Å². The summed E-state index contributed by atoms with van der Waals surface area (Å²) in [7, 11) is 0. The van der Waals surface area contributed by atoms with Gasteiger partial charge in [0.15, 0.2) is 0 Å². The van der Waals surface area contributed by atoms with Crippen molar-refractivity contribution in [3.05, 3.63) is 30.1 Å². The van der Waals surface area contributed by atoms with Crippen molar-refractivity contribution in [3.8, 4) is 0 Å². The maximum absolute atomic E-state index is 13.2. The van der Waals surface area contributed by atoms with Crippen molar-refractivity contribution in [2.24, 2.45) is 0 Å². The van der Waals surface area contributed by atoms with Crippen LogP contribution >= 0.6 is 11.8 Å². The molecule has 0 saturated carbocycles. The lowest BCUT2D eigenvalue weighted by atomic mass is 10.2. The van der Waals surface area contributed by atoms with Gasteiger partial charge < -0.3 is 5.32 Å². The molecule has 1 amide bonds. The minimum atomic E-state index is -0.334. The molecule has 0 radical (unpaired) electrons. The fourth-order valence-electron chi connectivity index (χ4n) is 2.83. The Balaban J connectivity index is 1.96. The molecule has 1 N–H and O–H groups in total. The second-order valence-corrected chi connectivity index (χ2v) is 7.32. The lowest BCUT2D eigenvalue weighted by Crippen LogP contribution is -2.44. The number of hydrogen-bond acceptors (Lipinski definition) is 3. The average Bonchev–Trinajstić information content (AvgIpc) is 2.72. The van der Waals surface area contributed by atoms with Crippen LogP contribution in [0.1, 0.15) is 33.1 Å². The number of thioether (sulfide) groups is 1. The molecule has 0 aromatic heterocycles. The first-order valence-electron chi connectivity index (χ1n) is 8.02. The van der Waals surface area contributed by atoms with Gasteiger partial charge in [-0.15, -0.1) is 0 Å². The lowest BCUT2D eigenvalue weighted by molar-refractivity contribution is -0.120. The number of carbonyl (C=O) groups excluding carboxylic acids is 1. The summed E-state index contributed by atoms with van der Waals surface area (Å²) in [5.41, 5.74) is 0.520. The molecule has 1 saturated heterocycles. The summed E-state index contributed by atoms with van der Waals surface area (Å²) in [6, 6.07) is 5.85. The molecular formula is C17H25FN2OS. The minimum absolute atomic E-state index is 0.0623. The van der Waals surface area contributed by atoms with Crippen LogP contribution in [0.3, 0.4) is 0 Å². The van der Waals surface area contributed by atoms with Crippen molar-refractivity contribution >= 4 is 23.4 Å². The lowest BCUT2D eigenvalue weighted by Gasteiger charge is -2.29. The first-order valence-corrected chi connectivity index (χ1v) is 9.07. The number of likely N-dealkylation sites (tertiary alicyclic amines) is 1. The van der Waals surface area contributed by atoms with E-state index in [-0.39, 0.29) is 17.8 Å². The third-order valence-electron chi connectivity index (χ3n) is 4.08. The number of hydrogen-bond donors (Lipinski definition) is 1.